The van der Waals surface area contributed by atoms with Gasteiger partial charge in [0.2, 0.25) is 23.6 Å². The predicted octanol–water partition coefficient (Wildman–Crippen LogP) is 16.3. The van der Waals surface area contributed by atoms with E-state index in [-0.39, 0.29) is 56.8 Å². The Morgan fingerprint density at radius 2 is 0.575 bits per heavy atom. The van der Waals surface area contributed by atoms with Crippen LogP contribution >= 0.6 is 50.7 Å². The molecule has 0 aliphatic carbocycles. The standard InChI is InChI=1S/C17H15ClN2O2.C16H15N3O3.C15H12ClN3O2.C15H11F2N3O2.C15H12FN3O2.C14H12BrN3O.C14H12ClN3O/c1-11(22)8-12-2-7-16-19-17(15(10-21)20(16)9-12)13-3-5-14(18)6-4-13;1-22-12-4-2-3-10(7-12)15-13(9-20)19-8-11(16(17)21)5-6-14(19)18-15;16-11-4-1-9(2-5-11)14-12(8-20)19-7-10(15(17)21)3-6-13(19)18-14;16-10-3-1-8(5-11(10)17)14-12(7-21)20-6-9(15(18)22)2-4-13(20)19-14;16-11-4-1-9(2-5-11)14-12(8-20)19-7-10(15(17)21)3-6-13(19)18-14;2*15-10-3-1-9(2-4-10)14-12(8-19)18-7-11(16)5-6-13(18)17-14/h2-7,9,21H,8,10H2,1H3;2-8,20H,9H2,1H3,(H2,17,21);1-7,20H,8H2,(H2,17,21);1-6,21H,7H2,(H2,18,22);1-7,20H,8H2,(H2,17,21);2*1-7,19H,8,16H2. The molecule has 14 aromatic heterocycles. The Balaban J connectivity index is 0.000000128. The van der Waals surface area contributed by atoms with Crippen molar-refractivity contribution in [3.05, 3.63) is 397 Å². The number of aliphatic hydroxyl groups excluding tert-OH is 7. The molecule has 21 rings (SSSR count). The van der Waals surface area contributed by atoms with E-state index >= 15 is 0 Å². The van der Waals surface area contributed by atoms with Crippen molar-refractivity contribution in [3.63, 3.8) is 0 Å². The van der Waals surface area contributed by atoms with Crippen molar-refractivity contribution in [1.29, 1.82) is 0 Å². The number of fused-ring (bicyclic) bond motifs is 7. The molecule has 0 spiro atoms. The first kappa shape index (κ1) is 104. The number of nitrogens with two attached hydrogens (primary N) is 6. The number of carbonyl (C=O) groups excluding carboxylic acids is 5. The van der Waals surface area contributed by atoms with Gasteiger partial charge >= 0.3 is 0 Å². The summed E-state index contributed by atoms with van der Waals surface area (Å²) in [6.45, 7) is 0.149. The number of anilines is 2. The quantitative estimate of drug-likeness (QED) is 0.0318. The van der Waals surface area contributed by atoms with Gasteiger partial charge in [-0.1, -0.05) is 117 Å². The average Bonchev–Trinajstić information content (AvgIpc) is 1.66. The SMILES string of the molecule is CC(=O)Cc1ccc2nc(-c3ccc(Cl)cc3)c(CO)n2c1.COc1cccc(-c2nc3ccc(C(N)=O)cn3c2CO)c1.NC(=O)c1ccc2nc(-c3ccc(Cl)cc3)c(CO)n2c1.NC(=O)c1ccc2nc(-c3ccc(F)c(F)c3)c(CO)n2c1.NC(=O)c1ccc2nc(-c3ccc(F)cc3)c(CO)n2c1.Nc1ccc2nc(-c3ccc(Br)cc3)c(CO)n2c1.Nc1ccc2nc(-c3ccc(Cl)cc3)c(CO)n2c1. The number of hydrogen-bond donors (Lipinski definition) is 13. The van der Waals surface area contributed by atoms with Crippen LogP contribution in [-0.2, 0) is 57.5 Å². The van der Waals surface area contributed by atoms with Gasteiger partial charge in [-0.3, -0.25) is 32.8 Å². The lowest BCUT2D eigenvalue weighted by Crippen LogP contribution is -2.12. The van der Waals surface area contributed by atoms with Gasteiger partial charge in [0.1, 0.15) is 56.9 Å². The largest absolute Gasteiger partial charge is 0.497 e. The monoisotopic (exact) mass is 2090 g/mol. The molecule has 0 unspecified atom stereocenters. The smallest absolute Gasteiger partial charge is 0.250 e. The van der Waals surface area contributed by atoms with Crippen LogP contribution in [0.25, 0.3) is 118 Å². The fourth-order valence-electron chi connectivity index (χ4n) is 15.8. The highest BCUT2D eigenvalue weighted by Gasteiger charge is 2.24. The number of rotatable bonds is 21. The number of nitrogens with zero attached hydrogens (tertiary/aromatic N) is 14. The van der Waals surface area contributed by atoms with Crippen LogP contribution in [0, 0.1) is 17.5 Å². The molecule has 0 fully saturated rings. The maximum absolute atomic E-state index is 13.4. The van der Waals surface area contributed by atoms with E-state index in [0.29, 0.717) is 146 Å². The number of ketones is 1. The van der Waals surface area contributed by atoms with Crippen molar-refractivity contribution in [2.45, 2.75) is 59.6 Å². The van der Waals surface area contributed by atoms with Gasteiger partial charge in [0.05, 0.1) is 155 Å². The molecule has 740 valence electrons. The van der Waals surface area contributed by atoms with Crippen LogP contribution in [-0.4, -0.2) is 138 Å². The number of pyridine rings is 7. The summed E-state index contributed by atoms with van der Waals surface area (Å²) in [5.41, 5.74) is 54.6. The van der Waals surface area contributed by atoms with Crippen LogP contribution in [0.2, 0.25) is 15.1 Å². The highest BCUT2D eigenvalue weighted by Crippen LogP contribution is 2.36. The van der Waals surface area contributed by atoms with E-state index < -0.39 is 41.9 Å². The molecule has 21 aromatic rings. The Morgan fingerprint density at radius 3 is 0.863 bits per heavy atom. The molecule has 0 saturated carbocycles. The number of Topliss-reactive ketones (excluding diaryl/α,β-unsaturated/α-hetero) is 1. The molecule has 0 saturated heterocycles. The summed E-state index contributed by atoms with van der Waals surface area (Å²) in [4.78, 5) is 87.7. The topological polar surface area (TPSA) is 513 Å². The third kappa shape index (κ3) is 23.2. The second-order valence-electron chi connectivity index (χ2n) is 32.4. The van der Waals surface area contributed by atoms with Gasteiger partial charge in [-0.2, -0.15) is 0 Å². The van der Waals surface area contributed by atoms with Crippen molar-refractivity contribution in [3.8, 4) is 84.6 Å². The number of imidazole rings is 7. The third-order valence-electron chi connectivity index (χ3n) is 22.9. The first-order valence-corrected chi connectivity index (χ1v) is 46.1. The van der Waals surface area contributed by atoms with Crippen LogP contribution in [0.4, 0.5) is 24.5 Å². The van der Waals surface area contributed by atoms with Crippen molar-refractivity contribution < 1.29 is 77.6 Å². The summed E-state index contributed by atoms with van der Waals surface area (Å²) in [6, 6.07) is 70.2. The summed E-state index contributed by atoms with van der Waals surface area (Å²) >= 11 is 21.1. The highest BCUT2D eigenvalue weighted by atomic mass is 79.9. The molecule has 4 amide bonds. The molecular formula is C106H89BrCl3F3N20O13. The van der Waals surface area contributed by atoms with Gasteiger partial charge in [0.15, 0.2) is 11.6 Å². The number of halogens is 7. The van der Waals surface area contributed by atoms with Crippen LogP contribution < -0.4 is 39.1 Å². The molecular weight excluding hydrogens is 2000 g/mol. The van der Waals surface area contributed by atoms with E-state index in [1.54, 1.807) is 160 Å². The first-order chi connectivity index (χ1) is 70.3. The normalized spacial score (nSPS) is 11.0. The number of aromatic nitrogens is 14. The number of carbonyl (C=O) groups is 5. The van der Waals surface area contributed by atoms with Gasteiger partial charge in [-0.15, -0.1) is 0 Å². The Bertz CT molecular complexity index is 8180. The van der Waals surface area contributed by atoms with E-state index in [1.165, 1.54) is 41.1 Å². The molecule has 7 aromatic carbocycles. The van der Waals surface area contributed by atoms with Crippen LogP contribution in [0.3, 0.4) is 0 Å². The van der Waals surface area contributed by atoms with Crippen LogP contribution in [0.5, 0.6) is 5.75 Å². The minimum absolute atomic E-state index is 0.0873. The Labute approximate surface area is 851 Å². The van der Waals surface area contributed by atoms with Crippen molar-refractivity contribution >= 4 is 131 Å². The lowest BCUT2D eigenvalue weighted by molar-refractivity contribution is -0.116. The van der Waals surface area contributed by atoms with Gasteiger partial charge in [-0.25, -0.2) is 48.1 Å². The zero-order valence-corrected chi connectivity index (χ0v) is 81.2. The zero-order chi connectivity index (χ0) is 104. The Morgan fingerprint density at radius 1 is 0.315 bits per heavy atom. The van der Waals surface area contributed by atoms with Crippen LogP contribution in [0.15, 0.2) is 297 Å². The number of ether oxygens (including phenoxy) is 1. The van der Waals surface area contributed by atoms with Crippen LogP contribution in [0.1, 0.15) is 93.8 Å². The minimum Gasteiger partial charge on any atom is -0.497 e. The van der Waals surface area contributed by atoms with Gasteiger partial charge in [-0.05, 0) is 194 Å². The summed E-state index contributed by atoms with van der Waals surface area (Å²) in [5.74, 6) is -3.73. The van der Waals surface area contributed by atoms with Gasteiger partial charge < -0.3 is 96.9 Å². The fraction of sp³-hybridized carbons (Fsp3) is 0.0943. The molecule has 33 nitrogen and oxygen atoms in total. The second kappa shape index (κ2) is 46.1. The van der Waals surface area contributed by atoms with Crippen molar-refractivity contribution in [2.75, 3.05) is 18.6 Å². The number of benzene rings is 7. The second-order valence-corrected chi connectivity index (χ2v) is 34.6. The maximum Gasteiger partial charge on any atom is 0.250 e. The summed E-state index contributed by atoms with van der Waals surface area (Å²) < 4.78 is 57.6. The van der Waals surface area contributed by atoms with E-state index in [9.17, 15) is 72.9 Å². The van der Waals surface area contributed by atoms with E-state index in [4.69, 9.17) is 73.9 Å². The zero-order valence-electron chi connectivity index (χ0n) is 77.3. The summed E-state index contributed by atoms with van der Waals surface area (Å²) in [5, 5.41) is 69.4. The van der Waals surface area contributed by atoms with E-state index in [1.807, 2.05) is 124 Å². The summed E-state index contributed by atoms with van der Waals surface area (Å²) in [6.07, 6.45) is 11.9. The number of methoxy groups -OCH3 is 1. The highest BCUT2D eigenvalue weighted by molar-refractivity contribution is 9.10. The number of amides is 4. The molecule has 14 heterocycles. The Hall–Kier alpha value is -16.8. The van der Waals surface area contributed by atoms with Crippen molar-refractivity contribution in [2.24, 2.45) is 22.9 Å². The van der Waals surface area contributed by atoms with Gasteiger partial charge in [0, 0.05) is 120 Å². The molecule has 0 atom stereocenters. The Kier molecular flexibility index (Phi) is 32.7. The number of primary amides is 4. The number of aliphatic hydroxyl groups is 7. The van der Waals surface area contributed by atoms with Gasteiger partial charge in [0.25, 0.3) is 0 Å². The van der Waals surface area contributed by atoms with E-state index in [2.05, 4.69) is 50.8 Å². The molecule has 0 aliphatic heterocycles. The maximum atomic E-state index is 13.4. The lowest BCUT2D eigenvalue weighted by atomic mass is 10.1. The predicted molar refractivity (Wildman–Crippen MR) is 552 cm³/mol. The summed E-state index contributed by atoms with van der Waals surface area (Å²) in [7, 11) is 1.59. The number of hydrogen-bond acceptors (Lipinski definition) is 22. The molecule has 40 heteroatoms. The molecule has 0 aliphatic rings. The minimum atomic E-state index is -1.00. The first-order valence-electron chi connectivity index (χ1n) is 44.2. The molecule has 146 heavy (non-hydrogen) atoms. The molecule has 19 N–H and O–H groups in total. The van der Waals surface area contributed by atoms with E-state index in [0.717, 1.165) is 89.7 Å². The number of nitrogen functional groups attached to an aromatic ring is 2. The molecule has 0 radical (unpaired) electrons. The average molecular weight is 2090 g/mol. The third-order valence-corrected chi connectivity index (χ3v) is 24.2. The molecule has 0 bridgehead atoms. The lowest BCUT2D eigenvalue weighted by Gasteiger charge is -2.05. The fourth-order valence-corrected chi connectivity index (χ4v) is 16.5. The van der Waals surface area contributed by atoms with Crippen molar-refractivity contribution in [1.82, 2.24) is 65.7 Å².